The molecule has 1 fully saturated rings. The fraction of sp³-hybridized carbons (Fsp3) is 0.150. The van der Waals surface area contributed by atoms with Crippen LogP contribution in [-0.4, -0.2) is 36.2 Å². The summed E-state index contributed by atoms with van der Waals surface area (Å²) < 4.78 is 11.2. The van der Waals surface area contributed by atoms with Crippen LogP contribution >= 0.6 is 27.5 Å². The molecule has 1 heterocycles. The number of ether oxygens (including phenoxy) is 2. The molecule has 1 saturated heterocycles. The third kappa shape index (κ3) is 4.74. The first kappa shape index (κ1) is 21.7. The number of rotatable bonds is 7. The Balaban J connectivity index is 1.93. The molecule has 156 valence electrons. The lowest BCUT2D eigenvalue weighted by atomic mass is 10.1. The second kappa shape index (κ2) is 9.19. The monoisotopic (exact) mass is 494 g/mol. The third-order valence-corrected chi connectivity index (χ3v) is 4.75. The molecule has 8 nitrogen and oxygen atoms in total. The number of carbonyl (C=O) groups is 3. The number of hydrogen-bond acceptors (Lipinski definition) is 5. The molecular weight excluding hydrogens is 480 g/mol. The number of amides is 3. The van der Waals surface area contributed by atoms with Crippen LogP contribution < -0.4 is 19.7 Å². The first-order valence-electron chi connectivity index (χ1n) is 8.73. The van der Waals surface area contributed by atoms with E-state index in [0.29, 0.717) is 33.1 Å². The Bertz CT molecular complexity index is 1060. The fourth-order valence-corrected chi connectivity index (χ4v) is 3.52. The highest BCUT2D eigenvalue weighted by Crippen LogP contribution is 2.38. The Hall–Kier alpha value is -3.04. The number of aliphatic carboxylic acids is 1. The van der Waals surface area contributed by atoms with Crippen molar-refractivity contribution in [3.8, 4) is 11.5 Å². The van der Waals surface area contributed by atoms with Crippen molar-refractivity contribution in [1.29, 1.82) is 0 Å². The molecule has 30 heavy (non-hydrogen) atoms. The van der Waals surface area contributed by atoms with Gasteiger partial charge in [0.2, 0.25) is 0 Å². The van der Waals surface area contributed by atoms with E-state index >= 15 is 0 Å². The standard InChI is InChI=1S/C20H16BrClN2O6/c1-2-29-16-8-11(6-14(21)18(16)30-10-17(25)26)7-15-19(27)24(20(28)23-15)13-5-3-4-12(22)9-13/h3-9H,2,10H2,1H3,(H,23,28)(H,25,26)/b15-7+. The molecule has 3 amide bonds. The van der Waals surface area contributed by atoms with Crippen molar-refractivity contribution in [3.63, 3.8) is 0 Å². The minimum atomic E-state index is -1.13. The lowest BCUT2D eigenvalue weighted by molar-refractivity contribution is -0.139. The van der Waals surface area contributed by atoms with Crippen LogP contribution in [0, 0.1) is 0 Å². The number of halogens is 2. The maximum atomic E-state index is 12.8. The van der Waals surface area contributed by atoms with Crippen LogP contribution in [0.5, 0.6) is 11.5 Å². The van der Waals surface area contributed by atoms with E-state index in [1.807, 2.05) is 0 Å². The van der Waals surface area contributed by atoms with Crippen LogP contribution in [-0.2, 0) is 9.59 Å². The second-order valence-electron chi connectivity index (χ2n) is 6.05. The summed E-state index contributed by atoms with van der Waals surface area (Å²) in [5.41, 5.74) is 0.945. The van der Waals surface area contributed by atoms with Gasteiger partial charge in [0.1, 0.15) is 5.70 Å². The van der Waals surface area contributed by atoms with Crippen molar-refractivity contribution < 1.29 is 29.0 Å². The van der Waals surface area contributed by atoms with Gasteiger partial charge in [-0.15, -0.1) is 0 Å². The molecule has 2 N–H and O–H groups in total. The van der Waals surface area contributed by atoms with Crippen LogP contribution in [0.15, 0.2) is 46.6 Å². The van der Waals surface area contributed by atoms with Gasteiger partial charge in [-0.1, -0.05) is 17.7 Å². The van der Waals surface area contributed by atoms with E-state index < -0.39 is 24.5 Å². The highest BCUT2D eigenvalue weighted by molar-refractivity contribution is 9.10. The Morgan fingerprint density at radius 3 is 2.70 bits per heavy atom. The average molecular weight is 496 g/mol. The zero-order valence-electron chi connectivity index (χ0n) is 15.6. The van der Waals surface area contributed by atoms with Crippen molar-refractivity contribution in [2.75, 3.05) is 18.1 Å². The molecule has 0 spiro atoms. The molecule has 0 unspecified atom stereocenters. The van der Waals surface area contributed by atoms with E-state index in [2.05, 4.69) is 21.2 Å². The molecular formula is C20H16BrClN2O6. The summed E-state index contributed by atoms with van der Waals surface area (Å²) >= 11 is 9.28. The zero-order valence-corrected chi connectivity index (χ0v) is 18.0. The summed E-state index contributed by atoms with van der Waals surface area (Å²) in [7, 11) is 0. The SMILES string of the molecule is CCOc1cc(/C=C2/NC(=O)N(c3cccc(Cl)c3)C2=O)cc(Br)c1OCC(=O)O. The number of benzene rings is 2. The Kier molecular flexibility index (Phi) is 6.63. The normalized spacial score (nSPS) is 14.8. The Labute approximate surface area is 185 Å². The first-order valence-corrected chi connectivity index (χ1v) is 9.91. The number of hydrogen-bond donors (Lipinski definition) is 2. The maximum absolute atomic E-state index is 12.8. The van der Waals surface area contributed by atoms with Gasteiger partial charge in [0.15, 0.2) is 18.1 Å². The van der Waals surface area contributed by atoms with Gasteiger partial charge in [0.05, 0.1) is 16.8 Å². The predicted molar refractivity (Wildman–Crippen MR) is 114 cm³/mol. The third-order valence-electron chi connectivity index (χ3n) is 3.93. The molecule has 0 aromatic heterocycles. The minimum absolute atomic E-state index is 0.0635. The van der Waals surface area contributed by atoms with E-state index in [4.69, 9.17) is 26.2 Å². The summed E-state index contributed by atoms with van der Waals surface area (Å²) in [5.74, 6) is -1.15. The largest absolute Gasteiger partial charge is 0.490 e. The lowest BCUT2D eigenvalue weighted by Crippen LogP contribution is -2.30. The van der Waals surface area contributed by atoms with Crippen LogP contribution in [0.4, 0.5) is 10.5 Å². The number of anilines is 1. The number of nitrogens with zero attached hydrogens (tertiary/aromatic N) is 1. The van der Waals surface area contributed by atoms with Gasteiger partial charge >= 0.3 is 12.0 Å². The predicted octanol–water partition coefficient (Wildman–Crippen LogP) is 4.06. The topological polar surface area (TPSA) is 105 Å². The van der Waals surface area contributed by atoms with Gasteiger partial charge in [0, 0.05) is 5.02 Å². The summed E-state index contributed by atoms with van der Waals surface area (Å²) in [6.07, 6.45) is 1.49. The van der Waals surface area contributed by atoms with Crippen molar-refractivity contribution in [2.45, 2.75) is 6.92 Å². The van der Waals surface area contributed by atoms with Crippen molar-refractivity contribution in [1.82, 2.24) is 5.32 Å². The quantitative estimate of drug-likeness (QED) is 0.443. The number of carbonyl (C=O) groups excluding carboxylic acids is 2. The van der Waals surface area contributed by atoms with Gasteiger partial charge < -0.3 is 19.9 Å². The van der Waals surface area contributed by atoms with Crippen LogP contribution in [0.25, 0.3) is 6.08 Å². The minimum Gasteiger partial charge on any atom is -0.490 e. The van der Waals surface area contributed by atoms with E-state index in [9.17, 15) is 14.4 Å². The fourth-order valence-electron chi connectivity index (χ4n) is 2.76. The van der Waals surface area contributed by atoms with E-state index in [1.165, 1.54) is 12.1 Å². The van der Waals surface area contributed by atoms with Gasteiger partial charge in [-0.2, -0.15) is 0 Å². The van der Waals surface area contributed by atoms with E-state index in [-0.39, 0.29) is 11.4 Å². The number of carboxylic acid groups (broad SMARTS) is 1. The molecule has 0 radical (unpaired) electrons. The maximum Gasteiger partial charge on any atom is 0.341 e. The average Bonchev–Trinajstić information content (AvgIpc) is 2.94. The summed E-state index contributed by atoms with van der Waals surface area (Å²) in [6, 6.07) is 9.00. The molecule has 0 aliphatic carbocycles. The molecule has 10 heteroatoms. The second-order valence-corrected chi connectivity index (χ2v) is 7.34. The Morgan fingerprint density at radius 2 is 2.03 bits per heavy atom. The van der Waals surface area contributed by atoms with Crippen molar-refractivity contribution >= 4 is 57.2 Å². The molecule has 3 rings (SSSR count). The van der Waals surface area contributed by atoms with Crippen molar-refractivity contribution in [2.24, 2.45) is 0 Å². The van der Waals surface area contributed by atoms with Gasteiger partial charge in [-0.05, 0) is 64.8 Å². The molecule has 2 aromatic carbocycles. The lowest BCUT2D eigenvalue weighted by Gasteiger charge is -2.14. The van der Waals surface area contributed by atoms with E-state index in [0.717, 1.165) is 4.90 Å². The van der Waals surface area contributed by atoms with Gasteiger partial charge in [0.25, 0.3) is 5.91 Å². The van der Waals surface area contributed by atoms with Crippen LogP contribution in [0.2, 0.25) is 5.02 Å². The smallest absolute Gasteiger partial charge is 0.341 e. The van der Waals surface area contributed by atoms with Gasteiger partial charge in [-0.3, -0.25) is 4.79 Å². The summed E-state index contributed by atoms with van der Waals surface area (Å²) in [4.78, 5) is 36.9. The van der Waals surface area contributed by atoms with E-state index in [1.54, 1.807) is 37.3 Å². The molecule has 0 saturated carbocycles. The van der Waals surface area contributed by atoms with Gasteiger partial charge in [-0.25, -0.2) is 14.5 Å². The first-order chi connectivity index (χ1) is 14.3. The summed E-state index contributed by atoms with van der Waals surface area (Å²) in [5, 5.41) is 11.8. The molecule has 0 atom stereocenters. The van der Waals surface area contributed by atoms with Crippen LogP contribution in [0.1, 0.15) is 12.5 Å². The molecule has 1 aliphatic heterocycles. The van der Waals surface area contributed by atoms with Crippen molar-refractivity contribution in [3.05, 3.63) is 57.2 Å². The number of imide groups is 1. The number of urea groups is 1. The summed E-state index contributed by atoms with van der Waals surface area (Å²) in [6.45, 7) is 1.54. The number of nitrogens with one attached hydrogen (secondary N) is 1. The molecule has 0 bridgehead atoms. The molecule has 2 aromatic rings. The zero-order chi connectivity index (χ0) is 21.8. The van der Waals surface area contributed by atoms with Crippen LogP contribution in [0.3, 0.4) is 0 Å². The number of carboxylic acids is 1. The Morgan fingerprint density at radius 1 is 1.27 bits per heavy atom. The molecule has 1 aliphatic rings. The highest BCUT2D eigenvalue weighted by Gasteiger charge is 2.35. The highest BCUT2D eigenvalue weighted by atomic mass is 79.9.